The third kappa shape index (κ3) is 2.43. The standard InChI is InChI=1S/C14H16F3NO3S/c1-8-6-13(3-4-18(8)12(20)14(15,16)17)11-9(2-5-22-11)10(19)7-21-13/h2,5,8,10,19H,3-4,6-7H2,1H3/t8-,10+,13+/m0/s1. The lowest BCUT2D eigenvalue weighted by Gasteiger charge is -2.47. The third-order valence-corrected chi connectivity index (χ3v) is 5.52. The Labute approximate surface area is 129 Å². The maximum absolute atomic E-state index is 12.6. The molecule has 0 saturated carbocycles. The van der Waals surface area contributed by atoms with Gasteiger partial charge in [-0.05, 0) is 30.4 Å². The van der Waals surface area contributed by atoms with Crippen LogP contribution in [-0.2, 0) is 15.1 Å². The van der Waals surface area contributed by atoms with Crippen molar-refractivity contribution in [3.63, 3.8) is 0 Å². The lowest BCUT2D eigenvalue weighted by atomic mass is 9.81. The average molecular weight is 335 g/mol. The number of hydrogen-bond donors (Lipinski definition) is 1. The predicted octanol–water partition coefficient (Wildman–Crippen LogP) is 2.58. The first kappa shape index (κ1) is 15.8. The second-order valence-electron chi connectivity index (χ2n) is 5.83. The lowest BCUT2D eigenvalue weighted by Crippen LogP contribution is -2.55. The highest BCUT2D eigenvalue weighted by molar-refractivity contribution is 7.10. The molecule has 1 spiro atoms. The molecular weight excluding hydrogens is 319 g/mol. The van der Waals surface area contributed by atoms with Crippen LogP contribution in [0.2, 0.25) is 0 Å². The fraction of sp³-hybridized carbons (Fsp3) is 0.643. The minimum atomic E-state index is -4.85. The number of hydrogen-bond acceptors (Lipinski definition) is 4. The van der Waals surface area contributed by atoms with E-state index in [1.807, 2.05) is 11.4 Å². The van der Waals surface area contributed by atoms with Crippen LogP contribution in [0.1, 0.15) is 36.3 Å². The fourth-order valence-corrected chi connectivity index (χ4v) is 4.51. The number of aliphatic hydroxyl groups is 1. The maximum Gasteiger partial charge on any atom is 0.471 e. The van der Waals surface area contributed by atoms with Crippen LogP contribution in [0.15, 0.2) is 11.4 Å². The van der Waals surface area contributed by atoms with Crippen LogP contribution in [0.25, 0.3) is 0 Å². The summed E-state index contributed by atoms with van der Waals surface area (Å²) < 4.78 is 43.7. The number of fused-ring (bicyclic) bond motifs is 2. The number of carbonyl (C=O) groups excluding carboxylic acids is 1. The number of aliphatic hydroxyl groups excluding tert-OH is 1. The van der Waals surface area contributed by atoms with E-state index in [1.165, 1.54) is 11.3 Å². The summed E-state index contributed by atoms with van der Waals surface area (Å²) >= 11 is 1.44. The molecule has 4 nitrogen and oxygen atoms in total. The summed E-state index contributed by atoms with van der Waals surface area (Å²) in [5.74, 6) is -1.79. The summed E-state index contributed by atoms with van der Waals surface area (Å²) in [5, 5.41) is 11.8. The number of amides is 1. The lowest BCUT2D eigenvalue weighted by molar-refractivity contribution is -0.196. The summed E-state index contributed by atoms with van der Waals surface area (Å²) in [6.45, 7) is 1.73. The quantitative estimate of drug-likeness (QED) is 0.793. The largest absolute Gasteiger partial charge is 0.471 e. The van der Waals surface area contributed by atoms with Gasteiger partial charge in [0.25, 0.3) is 0 Å². The molecule has 1 aromatic rings. The highest BCUT2D eigenvalue weighted by atomic mass is 32.1. The van der Waals surface area contributed by atoms with Gasteiger partial charge in [-0.2, -0.15) is 13.2 Å². The molecule has 1 fully saturated rings. The van der Waals surface area contributed by atoms with Gasteiger partial charge in [0.05, 0.1) is 6.61 Å². The molecule has 2 aliphatic rings. The fourth-order valence-electron chi connectivity index (χ4n) is 3.36. The number of carbonyl (C=O) groups is 1. The van der Waals surface area contributed by atoms with Crippen molar-refractivity contribution in [1.29, 1.82) is 0 Å². The van der Waals surface area contributed by atoms with Crippen molar-refractivity contribution in [1.82, 2.24) is 4.90 Å². The summed E-state index contributed by atoms with van der Waals surface area (Å²) in [6.07, 6.45) is -4.94. The molecular formula is C14H16F3NO3S. The number of thiophene rings is 1. The van der Waals surface area contributed by atoms with Gasteiger partial charge in [-0.3, -0.25) is 4.79 Å². The van der Waals surface area contributed by atoms with Crippen molar-refractivity contribution in [3.05, 3.63) is 21.9 Å². The highest BCUT2D eigenvalue weighted by Crippen LogP contribution is 2.48. The molecule has 1 saturated heterocycles. The Hall–Kier alpha value is -1.12. The van der Waals surface area contributed by atoms with Gasteiger partial charge in [-0.25, -0.2) is 0 Å². The minimum Gasteiger partial charge on any atom is -0.386 e. The van der Waals surface area contributed by atoms with E-state index in [-0.39, 0.29) is 13.2 Å². The second kappa shape index (κ2) is 5.21. The molecule has 8 heteroatoms. The topological polar surface area (TPSA) is 49.8 Å². The molecule has 0 unspecified atom stereocenters. The van der Waals surface area contributed by atoms with Crippen molar-refractivity contribution in [3.8, 4) is 0 Å². The van der Waals surface area contributed by atoms with Gasteiger partial charge in [0.2, 0.25) is 0 Å². The number of ether oxygens (including phenoxy) is 1. The van der Waals surface area contributed by atoms with Crippen LogP contribution in [-0.4, -0.2) is 41.3 Å². The molecule has 0 aliphatic carbocycles. The Morgan fingerprint density at radius 2 is 2.27 bits per heavy atom. The molecule has 2 aliphatic heterocycles. The molecule has 3 atom stereocenters. The Balaban J connectivity index is 1.85. The SMILES string of the molecule is C[C@H]1C[C@@]2(CCN1C(=O)C(F)(F)F)OC[C@@H](O)c1ccsc12. The van der Waals surface area contributed by atoms with Crippen LogP contribution < -0.4 is 0 Å². The van der Waals surface area contributed by atoms with Crippen molar-refractivity contribution in [2.45, 2.75) is 43.7 Å². The zero-order valence-electron chi connectivity index (χ0n) is 11.9. The molecule has 1 N–H and O–H groups in total. The Bertz CT molecular complexity index is 588. The summed E-state index contributed by atoms with van der Waals surface area (Å²) in [4.78, 5) is 13.2. The normalized spacial score (nSPS) is 32.1. The van der Waals surface area contributed by atoms with Crippen LogP contribution in [0.4, 0.5) is 13.2 Å². The van der Waals surface area contributed by atoms with Crippen molar-refractivity contribution in [2.75, 3.05) is 13.2 Å². The van der Waals surface area contributed by atoms with E-state index in [1.54, 1.807) is 6.92 Å². The molecule has 3 heterocycles. The number of rotatable bonds is 0. The Kier molecular flexibility index (Phi) is 3.73. The molecule has 1 aromatic heterocycles. The van der Waals surface area contributed by atoms with Gasteiger partial charge >= 0.3 is 12.1 Å². The van der Waals surface area contributed by atoms with Crippen molar-refractivity contribution in [2.24, 2.45) is 0 Å². The smallest absolute Gasteiger partial charge is 0.386 e. The van der Waals surface area contributed by atoms with Crippen LogP contribution in [0, 0.1) is 0 Å². The van der Waals surface area contributed by atoms with E-state index in [0.717, 1.165) is 15.3 Å². The molecule has 3 rings (SSSR count). The summed E-state index contributed by atoms with van der Waals surface area (Å²) in [5.41, 5.74) is 0.101. The summed E-state index contributed by atoms with van der Waals surface area (Å²) in [7, 11) is 0. The van der Waals surface area contributed by atoms with E-state index in [0.29, 0.717) is 12.8 Å². The monoisotopic (exact) mass is 335 g/mol. The zero-order chi connectivity index (χ0) is 16.1. The predicted molar refractivity (Wildman–Crippen MR) is 73.4 cm³/mol. The van der Waals surface area contributed by atoms with E-state index in [2.05, 4.69) is 0 Å². The van der Waals surface area contributed by atoms with Crippen LogP contribution in [0.5, 0.6) is 0 Å². The van der Waals surface area contributed by atoms with Crippen molar-refractivity contribution < 1.29 is 27.8 Å². The average Bonchev–Trinajstić information content (AvgIpc) is 2.93. The maximum atomic E-state index is 12.6. The first-order chi connectivity index (χ1) is 10.2. The minimum absolute atomic E-state index is 0.00700. The van der Waals surface area contributed by atoms with Gasteiger partial charge in [0, 0.05) is 23.9 Å². The van der Waals surface area contributed by atoms with Crippen molar-refractivity contribution >= 4 is 17.2 Å². The second-order valence-corrected chi connectivity index (χ2v) is 6.74. The Morgan fingerprint density at radius 1 is 1.55 bits per heavy atom. The number of halogens is 3. The number of alkyl halides is 3. The van der Waals surface area contributed by atoms with Gasteiger partial charge in [-0.1, -0.05) is 0 Å². The molecule has 122 valence electrons. The van der Waals surface area contributed by atoms with Gasteiger partial charge in [0.1, 0.15) is 11.7 Å². The van der Waals surface area contributed by atoms with E-state index < -0.39 is 29.8 Å². The molecule has 0 aromatic carbocycles. The molecule has 1 amide bonds. The van der Waals surface area contributed by atoms with E-state index in [9.17, 15) is 23.1 Å². The zero-order valence-corrected chi connectivity index (χ0v) is 12.7. The van der Waals surface area contributed by atoms with E-state index in [4.69, 9.17) is 4.74 Å². The van der Waals surface area contributed by atoms with Gasteiger partial charge in [0.15, 0.2) is 0 Å². The summed E-state index contributed by atoms with van der Waals surface area (Å²) in [6, 6.07) is 1.25. The Morgan fingerprint density at radius 3 is 2.91 bits per heavy atom. The third-order valence-electron chi connectivity index (χ3n) is 4.40. The first-order valence-electron chi connectivity index (χ1n) is 7.02. The van der Waals surface area contributed by atoms with Gasteiger partial charge < -0.3 is 14.7 Å². The van der Waals surface area contributed by atoms with Gasteiger partial charge in [-0.15, -0.1) is 11.3 Å². The molecule has 22 heavy (non-hydrogen) atoms. The van der Waals surface area contributed by atoms with Crippen LogP contribution in [0.3, 0.4) is 0 Å². The number of piperidine rings is 1. The first-order valence-corrected chi connectivity index (χ1v) is 7.90. The highest BCUT2D eigenvalue weighted by Gasteiger charge is 2.51. The molecule has 0 radical (unpaired) electrons. The number of likely N-dealkylation sites (tertiary alicyclic amines) is 1. The molecule has 0 bridgehead atoms. The van der Waals surface area contributed by atoms with Crippen LogP contribution >= 0.6 is 11.3 Å². The van der Waals surface area contributed by atoms with E-state index >= 15 is 0 Å². The number of nitrogens with zero attached hydrogens (tertiary/aromatic N) is 1.